The molecule has 0 atom stereocenters. The van der Waals surface area contributed by atoms with Crippen molar-refractivity contribution in [2.75, 3.05) is 10.6 Å². The molecule has 19 heavy (non-hydrogen) atoms. The van der Waals surface area contributed by atoms with Crippen LogP contribution in [0.5, 0.6) is 0 Å². The molecule has 0 bridgehead atoms. The zero-order valence-corrected chi connectivity index (χ0v) is 11.9. The maximum absolute atomic E-state index is 6.09. The maximum atomic E-state index is 6.09. The van der Waals surface area contributed by atoms with Crippen LogP contribution in [0.15, 0.2) is 6.07 Å². The summed E-state index contributed by atoms with van der Waals surface area (Å²) in [7, 11) is 0. The first kappa shape index (κ1) is 13.0. The Morgan fingerprint density at radius 1 is 0.895 bits per heavy atom. The van der Waals surface area contributed by atoms with Gasteiger partial charge in [-0.2, -0.15) is 4.98 Å². The molecule has 0 aromatic carbocycles. The first-order chi connectivity index (χ1) is 9.29. The highest BCUT2D eigenvalue weighted by Crippen LogP contribution is 2.25. The van der Waals surface area contributed by atoms with Crippen LogP contribution in [0.1, 0.15) is 51.4 Å². The van der Waals surface area contributed by atoms with E-state index in [4.69, 9.17) is 11.6 Å². The third kappa shape index (κ3) is 3.50. The molecule has 0 radical (unpaired) electrons. The van der Waals surface area contributed by atoms with Crippen LogP contribution < -0.4 is 10.6 Å². The van der Waals surface area contributed by atoms with Crippen LogP contribution in [0.2, 0.25) is 5.15 Å². The van der Waals surface area contributed by atoms with Crippen molar-refractivity contribution in [1.29, 1.82) is 0 Å². The van der Waals surface area contributed by atoms with Crippen molar-refractivity contribution in [3.63, 3.8) is 0 Å². The Bertz CT molecular complexity index is 389. The van der Waals surface area contributed by atoms with Crippen LogP contribution in [0.4, 0.5) is 11.8 Å². The van der Waals surface area contributed by atoms with E-state index in [1.807, 2.05) is 6.07 Å². The van der Waals surface area contributed by atoms with Gasteiger partial charge < -0.3 is 10.6 Å². The lowest BCUT2D eigenvalue weighted by Gasteiger charge is -2.16. The van der Waals surface area contributed by atoms with E-state index in [1.165, 1.54) is 51.4 Å². The molecular formula is C14H21ClN4. The molecule has 0 amide bonds. The number of nitrogens with one attached hydrogen (secondary N) is 2. The Morgan fingerprint density at radius 3 is 2.11 bits per heavy atom. The van der Waals surface area contributed by atoms with E-state index in [9.17, 15) is 0 Å². The molecule has 1 aromatic rings. The first-order valence-electron chi connectivity index (χ1n) is 7.37. The van der Waals surface area contributed by atoms with Crippen LogP contribution in [0, 0.1) is 0 Å². The molecule has 2 fully saturated rings. The average molecular weight is 281 g/mol. The van der Waals surface area contributed by atoms with Gasteiger partial charge >= 0.3 is 0 Å². The fourth-order valence-corrected chi connectivity index (χ4v) is 3.27. The van der Waals surface area contributed by atoms with Gasteiger partial charge in [0, 0.05) is 18.2 Å². The van der Waals surface area contributed by atoms with Gasteiger partial charge in [0.1, 0.15) is 11.0 Å². The van der Waals surface area contributed by atoms with Crippen molar-refractivity contribution >= 4 is 23.4 Å². The molecule has 1 aromatic heterocycles. The van der Waals surface area contributed by atoms with Crippen LogP contribution in [0.3, 0.4) is 0 Å². The molecule has 2 saturated carbocycles. The van der Waals surface area contributed by atoms with Crippen molar-refractivity contribution in [3.8, 4) is 0 Å². The molecule has 3 rings (SSSR count). The summed E-state index contributed by atoms with van der Waals surface area (Å²) >= 11 is 6.09. The van der Waals surface area contributed by atoms with Crippen molar-refractivity contribution in [2.45, 2.75) is 63.5 Å². The number of halogens is 1. The van der Waals surface area contributed by atoms with Gasteiger partial charge in [-0.05, 0) is 25.7 Å². The molecule has 0 saturated heterocycles. The van der Waals surface area contributed by atoms with E-state index in [2.05, 4.69) is 20.6 Å². The highest BCUT2D eigenvalue weighted by Gasteiger charge is 2.18. The summed E-state index contributed by atoms with van der Waals surface area (Å²) in [5.74, 6) is 1.52. The fourth-order valence-electron chi connectivity index (χ4n) is 3.09. The summed E-state index contributed by atoms with van der Waals surface area (Å²) in [4.78, 5) is 8.82. The number of rotatable bonds is 4. The van der Waals surface area contributed by atoms with Crippen molar-refractivity contribution in [2.24, 2.45) is 0 Å². The highest BCUT2D eigenvalue weighted by atomic mass is 35.5. The van der Waals surface area contributed by atoms with Crippen molar-refractivity contribution in [1.82, 2.24) is 9.97 Å². The van der Waals surface area contributed by atoms with Crippen LogP contribution >= 0.6 is 11.6 Å². The monoisotopic (exact) mass is 280 g/mol. The topological polar surface area (TPSA) is 49.8 Å². The second-order valence-corrected chi connectivity index (χ2v) is 6.04. The zero-order chi connectivity index (χ0) is 13.1. The predicted octanol–water partition coefficient (Wildman–Crippen LogP) is 3.84. The smallest absolute Gasteiger partial charge is 0.226 e. The standard InChI is InChI=1S/C14H21ClN4/c15-12-9-13(16-10-5-1-2-6-10)19-14(18-12)17-11-7-3-4-8-11/h9-11H,1-8H2,(H2,16,17,18,19). The summed E-state index contributed by atoms with van der Waals surface area (Å²) in [5.41, 5.74) is 0. The summed E-state index contributed by atoms with van der Waals surface area (Å²) in [6.07, 6.45) is 10.1. The number of hydrogen-bond donors (Lipinski definition) is 2. The van der Waals surface area contributed by atoms with Gasteiger partial charge in [0.15, 0.2) is 0 Å². The Morgan fingerprint density at radius 2 is 1.47 bits per heavy atom. The first-order valence-corrected chi connectivity index (χ1v) is 7.75. The van der Waals surface area contributed by atoms with E-state index in [0.29, 0.717) is 23.2 Å². The molecule has 0 unspecified atom stereocenters. The minimum Gasteiger partial charge on any atom is -0.367 e. The molecule has 2 N–H and O–H groups in total. The molecule has 1 heterocycles. The second kappa shape index (κ2) is 5.95. The Hall–Kier alpha value is -1.03. The largest absolute Gasteiger partial charge is 0.367 e. The minimum atomic E-state index is 0.510. The number of aromatic nitrogens is 2. The normalized spacial score (nSPS) is 20.9. The van der Waals surface area contributed by atoms with Gasteiger partial charge in [0.2, 0.25) is 5.95 Å². The van der Waals surface area contributed by atoms with E-state index >= 15 is 0 Å². The average Bonchev–Trinajstić information content (AvgIpc) is 3.01. The Kier molecular flexibility index (Phi) is 4.06. The van der Waals surface area contributed by atoms with E-state index in [-0.39, 0.29) is 0 Å². The lowest BCUT2D eigenvalue weighted by Crippen LogP contribution is -2.19. The molecule has 104 valence electrons. The molecule has 4 nitrogen and oxygen atoms in total. The molecule has 0 spiro atoms. The Balaban J connectivity index is 1.67. The lowest BCUT2D eigenvalue weighted by molar-refractivity contribution is 0.737. The molecule has 5 heteroatoms. The second-order valence-electron chi connectivity index (χ2n) is 5.65. The quantitative estimate of drug-likeness (QED) is 0.823. The van der Waals surface area contributed by atoms with E-state index in [1.54, 1.807) is 0 Å². The van der Waals surface area contributed by atoms with Gasteiger partial charge in [-0.25, -0.2) is 4.98 Å². The predicted molar refractivity (Wildman–Crippen MR) is 78.8 cm³/mol. The summed E-state index contributed by atoms with van der Waals surface area (Å²) in [6.45, 7) is 0. The zero-order valence-electron chi connectivity index (χ0n) is 11.2. The summed E-state index contributed by atoms with van der Waals surface area (Å²) < 4.78 is 0. The molecule has 0 aliphatic heterocycles. The minimum absolute atomic E-state index is 0.510. The highest BCUT2D eigenvalue weighted by molar-refractivity contribution is 6.29. The van der Waals surface area contributed by atoms with Crippen LogP contribution in [0.25, 0.3) is 0 Å². The third-order valence-corrected chi connectivity index (χ3v) is 4.28. The maximum Gasteiger partial charge on any atom is 0.226 e. The molecule has 2 aliphatic carbocycles. The Labute approximate surface area is 119 Å². The van der Waals surface area contributed by atoms with E-state index in [0.717, 1.165) is 5.82 Å². The van der Waals surface area contributed by atoms with Gasteiger partial charge in [-0.1, -0.05) is 37.3 Å². The van der Waals surface area contributed by atoms with Crippen molar-refractivity contribution in [3.05, 3.63) is 11.2 Å². The van der Waals surface area contributed by atoms with Gasteiger partial charge in [0.05, 0.1) is 0 Å². The number of hydrogen-bond acceptors (Lipinski definition) is 4. The van der Waals surface area contributed by atoms with Crippen molar-refractivity contribution < 1.29 is 0 Å². The number of anilines is 2. The van der Waals surface area contributed by atoms with Crippen LogP contribution in [-0.4, -0.2) is 22.1 Å². The van der Waals surface area contributed by atoms with E-state index < -0.39 is 0 Å². The lowest BCUT2D eigenvalue weighted by atomic mass is 10.2. The fraction of sp³-hybridized carbons (Fsp3) is 0.714. The third-order valence-electron chi connectivity index (χ3n) is 4.09. The van der Waals surface area contributed by atoms with Gasteiger partial charge in [-0.3, -0.25) is 0 Å². The van der Waals surface area contributed by atoms with Gasteiger partial charge in [0.25, 0.3) is 0 Å². The van der Waals surface area contributed by atoms with Crippen LogP contribution in [-0.2, 0) is 0 Å². The SMILES string of the molecule is Clc1cc(NC2CCCC2)nc(NC2CCCC2)n1. The summed E-state index contributed by atoms with van der Waals surface area (Å²) in [5, 5.41) is 7.38. The van der Waals surface area contributed by atoms with Gasteiger partial charge in [-0.15, -0.1) is 0 Å². The summed E-state index contributed by atoms with van der Waals surface area (Å²) in [6, 6.07) is 2.88. The molecule has 2 aliphatic rings. The number of nitrogens with zero attached hydrogens (tertiary/aromatic N) is 2. The molecular weight excluding hydrogens is 260 g/mol.